The number of hydrogen-bond donors (Lipinski definition) is 3. The topological polar surface area (TPSA) is 69.6 Å². The smallest absolute Gasteiger partial charge is 0.388 e. The lowest BCUT2D eigenvalue weighted by atomic mass is 9.91. The summed E-state index contributed by atoms with van der Waals surface area (Å²) in [4.78, 5) is 10.8. The van der Waals surface area contributed by atoms with Gasteiger partial charge < -0.3 is 15.5 Å². The van der Waals surface area contributed by atoms with Crippen LogP contribution in [-0.4, -0.2) is 34.4 Å². The summed E-state index contributed by atoms with van der Waals surface area (Å²) in [5.41, 5.74) is 0.435. The van der Waals surface area contributed by atoms with Crippen LogP contribution in [0, 0.1) is 0 Å². The molecule has 0 spiro atoms. The van der Waals surface area contributed by atoms with Gasteiger partial charge in [-0.05, 0) is 36.5 Å². The summed E-state index contributed by atoms with van der Waals surface area (Å²) < 4.78 is 36.4. The second-order valence-corrected chi connectivity index (χ2v) is 6.67. The summed E-state index contributed by atoms with van der Waals surface area (Å²) in [6.07, 6.45) is 0.580. The lowest BCUT2D eigenvalue weighted by Crippen LogP contribution is -2.37. The molecule has 1 atom stereocenters. The normalized spacial score (nSPS) is 13.7. The minimum absolute atomic E-state index is 0.0371. The van der Waals surface area contributed by atoms with Crippen molar-refractivity contribution in [3.05, 3.63) is 41.5 Å². The molecule has 3 N–H and O–H groups in total. The van der Waals surface area contributed by atoms with Gasteiger partial charge in [-0.2, -0.15) is 13.2 Å². The molecule has 0 bridgehead atoms. The van der Waals surface area contributed by atoms with Gasteiger partial charge in [0.15, 0.2) is 0 Å². The Morgan fingerprint density at radius 1 is 1.22 bits per heavy atom. The number of amides is 1. The Kier molecular flexibility index (Phi) is 8.99. The molecule has 1 amide bonds. The molecule has 0 radical (unpaired) electrons. The molecular weight excluding hydrogens is 359 g/mol. The molecule has 0 aromatic heterocycles. The van der Waals surface area contributed by atoms with Gasteiger partial charge in [-0.3, -0.25) is 4.79 Å². The molecule has 1 unspecified atom stereocenters. The Balaban J connectivity index is 2.72. The van der Waals surface area contributed by atoms with Crippen LogP contribution in [0.5, 0.6) is 0 Å². The first kappa shape index (κ1) is 23.2. The van der Waals surface area contributed by atoms with Crippen molar-refractivity contribution in [2.75, 3.05) is 6.54 Å². The zero-order valence-electron chi connectivity index (χ0n) is 15.7. The number of carbonyl (C=O) groups is 1. The van der Waals surface area contributed by atoms with Crippen LogP contribution in [0.1, 0.15) is 63.2 Å². The Bertz CT molecular complexity index is 623. The second kappa shape index (κ2) is 10.5. The number of hydrogen-bond acceptors (Lipinski definition) is 3. The Hall–Kier alpha value is -1.86. The van der Waals surface area contributed by atoms with Gasteiger partial charge in [-0.1, -0.05) is 57.0 Å². The van der Waals surface area contributed by atoms with Gasteiger partial charge in [0, 0.05) is 6.54 Å². The third-order valence-electron chi connectivity index (χ3n) is 4.21. The molecule has 0 aliphatic carbocycles. The number of halogens is 3. The molecule has 0 saturated carbocycles. The Morgan fingerprint density at radius 2 is 1.85 bits per heavy atom. The average molecular weight is 387 g/mol. The molecular formula is C20H28F3NO3. The lowest BCUT2D eigenvalue weighted by Gasteiger charge is -2.23. The van der Waals surface area contributed by atoms with E-state index in [1.165, 1.54) is 0 Å². The summed E-state index contributed by atoms with van der Waals surface area (Å²) in [5, 5.41) is 22.5. The molecule has 152 valence electrons. The first-order valence-corrected chi connectivity index (χ1v) is 9.16. The van der Waals surface area contributed by atoms with Gasteiger partial charge in [0.2, 0.25) is 0 Å². The first-order valence-electron chi connectivity index (χ1n) is 9.16. The second-order valence-electron chi connectivity index (χ2n) is 6.67. The number of rotatable bonds is 10. The SMILES string of the molecule is CCCC(O)(/C=C/c1cccc(C(O)CCNC(=O)C(F)(F)F)c1)CCC. The number of benzene rings is 1. The molecule has 0 heterocycles. The van der Waals surface area contributed by atoms with Crippen LogP contribution in [-0.2, 0) is 4.79 Å². The molecule has 0 aliphatic heterocycles. The minimum atomic E-state index is -4.93. The summed E-state index contributed by atoms with van der Waals surface area (Å²) in [6.45, 7) is 3.72. The maximum absolute atomic E-state index is 12.1. The van der Waals surface area contributed by atoms with Crippen molar-refractivity contribution in [2.45, 2.75) is 63.8 Å². The van der Waals surface area contributed by atoms with E-state index in [4.69, 9.17) is 0 Å². The molecule has 1 aromatic carbocycles. The van der Waals surface area contributed by atoms with E-state index >= 15 is 0 Å². The Labute approximate surface area is 158 Å². The number of nitrogens with one attached hydrogen (secondary N) is 1. The summed E-state index contributed by atoms with van der Waals surface area (Å²) in [5.74, 6) is -2.02. The molecule has 0 aliphatic rings. The van der Waals surface area contributed by atoms with Crippen LogP contribution in [0.3, 0.4) is 0 Å². The molecule has 0 fully saturated rings. The zero-order valence-corrected chi connectivity index (χ0v) is 15.7. The van der Waals surface area contributed by atoms with Crippen LogP contribution in [0.15, 0.2) is 30.3 Å². The lowest BCUT2D eigenvalue weighted by molar-refractivity contribution is -0.173. The number of alkyl halides is 3. The van der Waals surface area contributed by atoms with E-state index in [1.54, 1.807) is 35.7 Å². The van der Waals surface area contributed by atoms with Crippen molar-refractivity contribution in [2.24, 2.45) is 0 Å². The fourth-order valence-corrected chi connectivity index (χ4v) is 2.87. The van der Waals surface area contributed by atoms with Crippen LogP contribution in [0.4, 0.5) is 13.2 Å². The maximum atomic E-state index is 12.1. The summed E-state index contributed by atoms with van der Waals surface area (Å²) in [7, 11) is 0. The van der Waals surface area contributed by atoms with E-state index in [-0.39, 0.29) is 13.0 Å². The van der Waals surface area contributed by atoms with E-state index in [1.807, 2.05) is 19.9 Å². The van der Waals surface area contributed by atoms with E-state index in [2.05, 4.69) is 0 Å². The van der Waals surface area contributed by atoms with Crippen LogP contribution in [0.25, 0.3) is 6.08 Å². The van der Waals surface area contributed by atoms with Gasteiger partial charge in [0.1, 0.15) is 0 Å². The highest BCUT2D eigenvalue weighted by Gasteiger charge is 2.38. The van der Waals surface area contributed by atoms with E-state index in [9.17, 15) is 28.2 Å². The van der Waals surface area contributed by atoms with Crippen LogP contribution >= 0.6 is 0 Å². The predicted molar refractivity (Wildman–Crippen MR) is 98.9 cm³/mol. The number of aliphatic hydroxyl groups is 2. The van der Waals surface area contributed by atoms with Crippen molar-refractivity contribution in [1.29, 1.82) is 0 Å². The van der Waals surface area contributed by atoms with Gasteiger partial charge in [0.05, 0.1) is 11.7 Å². The highest BCUT2D eigenvalue weighted by molar-refractivity contribution is 5.81. The fraction of sp³-hybridized carbons (Fsp3) is 0.550. The van der Waals surface area contributed by atoms with E-state index < -0.39 is 23.8 Å². The van der Waals surface area contributed by atoms with Crippen molar-refractivity contribution in [3.8, 4) is 0 Å². The van der Waals surface area contributed by atoms with Crippen LogP contribution in [0.2, 0.25) is 0 Å². The van der Waals surface area contributed by atoms with E-state index in [0.717, 1.165) is 18.4 Å². The quantitative estimate of drug-likeness (QED) is 0.565. The van der Waals surface area contributed by atoms with Crippen molar-refractivity contribution >= 4 is 12.0 Å². The van der Waals surface area contributed by atoms with Gasteiger partial charge in [-0.15, -0.1) is 0 Å². The maximum Gasteiger partial charge on any atom is 0.471 e. The molecule has 27 heavy (non-hydrogen) atoms. The zero-order chi connectivity index (χ0) is 20.5. The monoisotopic (exact) mass is 387 g/mol. The first-order chi connectivity index (χ1) is 12.6. The minimum Gasteiger partial charge on any atom is -0.388 e. The number of aliphatic hydroxyl groups excluding tert-OH is 1. The highest BCUT2D eigenvalue weighted by Crippen LogP contribution is 2.24. The van der Waals surface area contributed by atoms with Crippen molar-refractivity contribution in [1.82, 2.24) is 5.32 Å². The molecule has 0 saturated heterocycles. The largest absolute Gasteiger partial charge is 0.471 e. The summed E-state index contributed by atoms with van der Waals surface area (Å²) in [6, 6.07) is 6.92. The molecule has 4 nitrogen and oxygen atoms in total. The van der Waals surface area contributed by atoms with Crippen LogP contribution < -0.4 is 5.32 Å². The predicted octanol–water partition coefficient (Wildman–Crippen LogP) is 4.13. The van der Waals surface area contributed by atoms with Gasteiger partial charge in [0.25, 0.3) is 0 Å². The molecule has 1 rings (SSSR count). The van der Waals surface area contributed by atoms with E-state index in [0.29, 0.717) is 18.4 Å². The third-order valence-corrected chi connectivity index (χ3v) is 4.21. The summed E-state index contributed by atoms with van der Waals surface area (Å²) >= 11 is 0. The molecule has 1 aromatic rings. The third kappa shape index (κ3) is 8.13. The fourth-order valence-electron chi connectivity index (χ4n) is 2.87. The average Bonchev–Trinajstić information content (AvgIpc) is 2.60. The Morgan fingerprint density at radius 3 is 2.41 bits per heavy atom. The number of carbonyl (C=O) groups excluding carboxylic acids is 1. The highest BCUT2D eigenvalue weighted by atomic mass is 19.4. The van der Waals surface area contributed by atoms with Gasteiger partial charge >= 0.3 is 12.1 Å². The van der Waals surface area contributed by atoms with Gasteiger partial charge in [-0.25, -0.2) is 0 Å². The van der Waals surface area contributed by atoms with Crippen molar-refractivity contribution in [3.63, 3.8) is 0 Å². The molecule has 7 heteroatoms. The van der Waals surface area contributed by atoms with Crippen molar-refractivity contribution < 1.29 is 28.2 Å². The standard InChI is InChI=1S/C20H28F3NO3/c1-3-10-19(27,11-4-2)12-8-15-6-5-7-16(14-15)17(25)9-13-24-18(26)20(21,22)23/h5-8,12,14,17,25,27H,3-4,9-11,13H2,1-2H3,(H,24,26)/b12-8+.